The third kappa shape index (κ3) is 2.07. The molecule has 4 heteroatoms. The molecule has 25 heavy (non-hydrogen) atoms. The van der Waals surface area contributed by atoms with Crippen LogP contribution in [0.25, 0.3) is 10.9 Å². The second kappa shape index (κ2) is 5.31. The van der Waals surface area contributed by atoms with Gasteiger partial charge in [-0.2, -0.15) is 0 Å². The van der Waals surface area contributed by atoms with E-state index in [-0.39, 0.29) is 11.8 Å². The van der Waals surface area contributed by atoms with Crippen LogP contribution in [0, 0.1) is 0 Å². The second-order valence-electron chi connectivity index (χ2n) is 6.91. The summed E-state index contributed by atoms with van der Waals surface area (Å²) in [6.07, 6.45) is 4.27. The van der Waals surface area contributed by atoms with Gasteiger partial charge in [-0.1, -0.05) is 48.5 Å². The van der Waals surface area contributed by atoms with Gasteiger partial charge in [-0.25, -0.2) is 0 Å². The Hall–Kier alpha value is -2.88. The number of carbonyl (C=O) groups excluding carboxylic acids is 2. The fourth-order valence-corrected chi connectivity index (χ4v) is 4.44. The number of aryl methyl sites for hydroxylation is 2. The van der Waals surface area contributed by atoms with E-state index >= 15 is 0 Å². The van der Waals surface area contributed by atoms with E-state index in [0.29, 0.717) is 0 Å². The number of hydrogen-bond acceptors (Lipinski definition) is 2. The Morgan fingerprint density at radius 3 is 2.56 bits per heavy atom. The van der Waals surface area contributed by atoms with Crippen molar-refractivity contribution in [3.63, 3.8) is 0 Å². The summed E-state index contributed by atoms with van der Waals surface area (Å²) in [4.78, 5) is 25.2. The normalized spacial score (nSPS) is 22.4. The van der Waals surface area contributed by atoms with Crippen LogP contribution in [-0.2, 0) is 22.6 Å². The Morgan fingerprint density at radius 1 is 0.920 bits per heavy atom. The third-order valence-electron chi connectivity index (χ3n) is 5.50. The van der Waals surface area contributed by atoms with Gasteiger partial charge in [0, 0.05) is 18.1 Å². The summed E-state index contributed by atoms with van der Waals surface area (Å²) < 4.78 is 2.25. The number of imide groups is 1. The quantitative estimate of drug-likeness (QED) is 0.734. The van der Waals surface area contributed by atoms with Gasteiger partial charge in [0.1, 0.15) is 0 Å². The van der Waals surface area contributed by atoms with E-state index in [0.717, 1.165) is 35.9 Å². The minimum absolute atomic E-state index is 0.192. The first-order chi connectivity index (χ1) is 12.2. The number of nitrogens with zero attached hydrogens (tertiary/aromatic N) is 1. The lowest BCUT2D eigenvalue weighted by Gasteiger charge is -2.15. The lowest BCUT2D eigenvalue weighted by Crippen LogP contribution is -2.21. The topological polar surface area (TPSA) is 51.1 Å². The monoisotopic (exact) mass is 330 g/mol. The molecule has 0 radical (unpaired) electrons. The van der Waals surface area contributed by atoms with Gasteiger partial charge in [-0.15, -0.1) is 0 Å². The van der Waals surface area contributed by atoms with E-state index in [1.165, 1.54) is 11.1 Å². The van der Waals surface area contributed by atoms with E-state index in [4.69, 9.17) is 0 Å². The molecule has 2 amide bonds. The first-order valence-corrected chi connectivity index (χ1v) is 8.74. The highest BCUT2D eigenvalue weighted by Crippen LogP contribution is 2.42. The number of para-hydroxylation sites is 1. The highest BCUT2D eigenvalue weighted by Gasteiger charge is 2.44. The van der Waals surface area contributed by atoms with Gasteiger partial charge in [0.2, 0.25) is 11.8 Å². The van der Waals surface area contributed by atoms with Crippen molar-refractivity contribution < 1.29 is 9.59 Å². The third-order valence-corrected chi connectivity index (χ3v) is 5.50. The Balaban J connectivity index is 1.72. The molecule has 2 aliphatic rings. The van der Waals surface area contributed by atoms with Crippen LogP contribution in [-0.4, -0.2) is 16.4 Å². The summed E-state index contributed by atoms with van der Waals surface area (Å²) in [6.45, 7) is 0.964. The van der Waals surface area contributed by atoms with E-state index in [1.807, 2.05) is 30.3 Å². The number of carbonyl (C=O) groups is 2. The van der Waals surface area contributed by atoms with Crippen LogP contribution in [0.15, 0.2) is 54.7 Å². The van der Waals surface area contributed by atoms with Crippen LogP contribution in [0.4, 0.5) is 0 Å². The first-order valence-electron chi connectivity index (χ1n) is 8.74. The molecule has 1 aromatic heterocycles. The molecule has 3 heterocycles. The number of hydrogen-bond donors (Lipinski definition) is 1. The largest absolute Gasteiger partial charge is 0.347 e. The van der Waals surface area contributed by atoms with Gasteiger partial charge in [0.15, 0.2) is 0 Å². The average molecular weight is 330 g/mol. The van der Waals surface area contributed by atoms with Gasteiger partial charge in [-0.3, -0.25) is 14.9 Å². The molecule has 0 aliphatic carbocycles. The molecule has 1 N–H and O–H groups in total. The molecule has 5 rings (SSSR count). The fraction of sp³-hybridized carbons (Fsp3) is 0.238. The molecule has 124 valence electrons. The molecule has 1 fully saturated rings. The van der Waals surface area contributed by atoms with Crippen LogP contribution in [0.3, 0.4) is 0 Å². The Kier molecular flexibility index (Phi) is 3.07. The smallest absolute Gasteiger partial charge is 0.235 e. The molecule has 0 bridgehead atoms. The molecule has 2 atom stereocenters. The highest BCUT2D eigenvalue weighted by molar-refractivity contribution is 6.11. The summed E-state index contributed by atoms with van der Waals surface area (Å²) in [7, 11) is 0. The molecule has 0 saturated carbocycles. The highest BCUT2D eigenvalue weighted by atomic mass is 16.2. The van der Waals surface area contributed by atoms with Crippen LogP contribution in [0.5, 0.6) is 0 Å². The zero-order chi connectivity index (χ0) is 17.0. The average Bonchev–Trinajstić information content (AvgIpc) is 3.14. The maximum atomic E-state index is 12.7. The molecule has 0 unspecified atom stereocenters. The van der Waals surface area contributed by atoms with Crippen molar-refractivity contribution in [1.82, 2.24) is 9.88 Å². The number of amides is 2. The van der Waals surface area contributed by atoms with Gasteiger partial charge in [0.05, 0.1) is 17.4 Å². The summed E-state index contributed by atoms with van der Waals surface area (Å²) >= 11 is 0. The van der Waals surface area contributed by atoms with Gasteiger partial charge in [-0.05, 0) is 29.5 Å². The predicted molar refractivity (Wildman–Crippen MR) is 95.3 cm³/mol. The number of benzene rings is 2. The van der Waals surface area contributed by atoms with Crippen LogP contribution < -0.4 is 5.32 Å². The maximum Gasteiger partial charge on any atom is 0.235 e. The van der Waals surface area contributed by atoms with E-state index in [9.17, 15) is 9.59 Å². The molecular formula is C21H18N2O2. The van der Waals surface area contributed by atoms with Crippen molar-refractivity contribution >= 4 is 22.7 Å². The lowest BCUT2D eigenvalue weighted by molar-refractivity contribution is -0.125. The standard InChI is InChI=1S/C21H18N2O2/c24-20-17(13-6-2-1-3-7-13)18(21(25)22-20)16-12-23-11-5-9-14-8-4-10-15(16)19(14)23/h1-4,6-8,10,12,17-18H,5,9,11H2,(H,22,24,25)/t17-,18-/m1/s1. The van der Waals surface area contributed by atoms with Gasteiger partial charge < -0.3 is 4.57 Å². The van der Waals surface area contributed by atoms with Crippen LogP contribution in [0.2, 0.25) is 0 Å². The molecule has 1 saturated heterocycles. The van der Waals surface area contributed by atoms with Crippen molar-refractivity contribution in [1.29, 1.82) is 0 Å². The lowest BCUT2D eigenvalue weighted by atomic mass is 9.83. The Bertz CT molecular complexity index is 1000. The zero-order valence-corrected chi connectivity index (χ0v) is 13.7. The summed E-state index contributed by atoms with van der Waals surface area (Å²) in [6, 6.07) is 15.9. The summed E-state index contributed by atoms with van der Waals surface area (Å²) in [5.41, 5.74) is 4.41. The van der Waals surface area contributed by atoms with E-state index in [1.54, 1.807) is 0 Å². The second-order valence-corrected chi connectivity index (χ2v) is 6.91. The minimum Gasteiger partial charge on any atom is -0.347 e. The van der Waals surface area contributed by atoms with Crippen LogP contribution in [0.1, 0.15) is 34.9 Å². The number of rotatable bonds is 2. The van der Waals surface area contributed by atoms with Crippen molar-refractivity contribution in [2.24, 2.45) is 0 Å². The minimum atomic E-state index is -0.466. The van der Waals surface area contributed by atoms with Crippen molar-refractivity contribution in [2.75, 3.05) is 0 Å². The van der Waals surface area contributed by atoms with Crippen molar-refractivity contribution in [3.8, 4) is 0 Å². The molecule has 2 aliphatic heterocycles. The number of nitrogens with one attached hydrogen (secondary N) is 1. The predicted octanol–water partition coefficient (Wildman–Crippen LogP) is 3.11. The zero-order valence-electron chi connectivity index (χ0n) is 13.7. The van der Waals surface area contributed by atoms with E-state index < -0.39 is 11.8 Å². The SMILES string of the molecule is O=C1NC(=O)[C@H](c2cn3c4c(cccc24)CCC3)[C@H]1c1ccccc1. The van der Waals surface area contributed by atoms with Crippen molar-refractivity contribution in [2.45, 2.75) is 31.2 Å². The molecule has 4 nitrogen and oxygen atoms in total. The Morgan fingerprint density at radius 2 is 1.72 bits per heavy atom. The molecular weight excluding hydrogens is 312 g/mol. The summed E-state index contributed by atoms with van der Waals surface area (Å²) in [5.74, 6) is -1.32. The van der Waals surface area contributed by atoms with Crippen LogP contribution >= 0.6 is 0 Å². The maximum absolute atomic E-state index is 12.7. The molecule has 3 aromatic rings. The summed E-state index contributed by atoms with van der Waals surface area (Å²) in [5, 5.41) is 3.65. The Labute approximate surface area is 145 Å². The molecule has 2 aromatic carbocycles. The van der Waals surface area contributed by atoms with Crippen molar-refractivity contribution in [3.05, 3.63) is 71.4 Å². The molecule has 0 spiro atoms. The number of aromatic nitrogens is 1. The van der Waals surface area contributed by atoms with Gasteiger partial charge in [0.25, 0.3) is 0 Å². The first kappa shape index (κ1) is 14.5. The van der Waals surface area contributed by atoms with Gasteiger partial charge >= 0.3 is 0 Å². The fourth-order valence-electron chi connectivity index (χ4n) is 4.44. The van der Waals surface area contributed by atoms with E-state index in [2.05, 4.69) is 34.3 Å².